The number of hydrogen-bond acceptors (Lipinski definition) is 1. The van der Waals surface area contributed by atoms with E-state index in [1.165, 1.54) is 55.9 Å². The lowest BCUT2D eigenvalue weighted by atomic mass is 9.82. The lowest BCUT2D eigenvalue weighted by Crippen LogP contribution is -2.30. The molecular weight excluding hydrogens is 460 g/mol. The molecule has 4 aromatic carbocycles. The number of para-hydroxylation sites is 3. The number of allylic oxidation sites excluding steroid dienone is 4. The lowest BCUT2D eigenvalue weighted by Gasteiger charge is -2.31. The second-order valence-electron chi connectivity index (χ2n) is 10.4. The Balaban J connectivity index is 1.33. The Kier molecular flexibility index (Phi) is 4.81. The van der Waals surface area contributed by atoms with Gasteiger partial charge in [0.1, 0.15) is 0 Å². The molecule has 0 amide bonds. The second kappa shape index (κ2) is 8.49. The molecule has 1 aliphatic heterocycles. The highest BCUT2D eigenvalue weighted by Gasteiger charge is 2.43. The summed E-state index contributed by atoms with van der Waals surface area (Å²) < 4.78 is 2.44. The topological polar surface area (TPSA) is 8.17 Å². The third-order valence-corrected chi connectivity index (χ3v) is 8.35. The molecule has 2 heteroatoms. The highest BCUT2D eigenvalue weighted by Crippen LogP contribution is 2.53. The lowest BCUT2D eigenvalue weighted by molar-refractivity contribution is 0.725. The number of rotatable bonds is 3. The van der Waals surface area contributed by atoms with Crippen LogP contribution in [0, 0.1) is 0 Å². The Morgan fingerprint density at radius 3 is 2.39 bits per heavy atom. The van der Waals surface area contributed by atoms with Gasteiger partial charge in [-0.3, -0.25) is 0 Å². The van der Waals surface area contributed by atoms with Crippen molar-refractivity contribution in [3.05, 3.63) is 150 Å². The fourth-order valence-corrected chi connectivity index (χ4v) is 6.78. The minimum atomic E-state index is 0.223. The van der Waals surface area contributed by atoms with Crippen molar-refractivity contribution in [3.63, 3.8) is 0 Å². The highest BCUT2D eigenvalue weighted by atomic mass is 15.2. The average Bonchev–Trinajstić information content (AvgIpc) is 3.51. The quantitative estimate of drug-likeness (QED) is 0.246. The average molecular weight is 489 g/mol. The van der Waals surface area contributed by atoms with Gasteiger partial charge >= 0.3 is 0 Å². The van der Waals surface area contributed by atoms with Crippen molar-refractivity contribution in [2.45, 2.75) is 24.8 Å². The first-order chi connectivity index (χ1) is 18.9. The van der Waals surface area contributed by atoms with Gasteiger partial charge in [-0.1, -0.05) is 91.0 Å². The zero-order chi connectivity index (χ0) is 25.1. The van der Waals surface area contributed by atoms with Crippen LogP contribution in [0.25, 0.3) is 28.2 Å². The number of benzene rings is 4. The Morgan fingerprint density at radius 2 is 1.50 bits per heavy atom. The molecule has 0 saturated heterocycles. The molecule has 0 spiro atoms. The van der Waals surface area contributed by atoms with Gasteiger partial charge in [-0.2, -0.15) is 0 Å². The molecule has 0 radical (unpaired) electrons. The third-order valence-electron chi connectivity index (χ3n) is 8.35. The first-order valence-electron chi connectivity index (χ1n) is 13.6. The molecule has 2 heterocycles. The van der Waals surface area contributed by atoms with Crippen LogP contribution >= 0.6 is 0 Å². The van der Waals surface area contributed by atoms with Gasteiger partial charge in [0.05, 0.1) is 17.3 Å². The predicted molar refractivity (Wildman–Crippen MR) is 159 cm³/mol. The summed E-state index contributed by atoms with van der Waals surface area (Å²) in [5.74, 6) is 0.263. The van der Waals surface area contributed by atoms with E-state index in [4.69, 9.17) is 0 Å². The molecule has 0 saturated carbocycles. The van der Waals surface area contributed by atoms with Crippen LogP contribution in [-0.2, 0) is 0 Å². The van der Waals surface area contributed by atoms with Gasteiger partial charge in [0.25, 0.3) is 0 Å². The third kappa shape index (κ3) is 3.13. The summed E-state index contributed by atoms with van der Waals surface area (Å²) >= 11 is 0. The molecule has 3 aliphatic rings. The maximum absolute atomic E-state index is 2.56. The number of anilines is 2. The molecule has 0 bridgehead atoms. The smallest absolute Gasteiger partial charge is 0.0637 e. The van der Waals surface area contributed by atoms with E-state index in [1.54, 1.807) is 0 Å². The van der Waals surface area contributed by atoms with Gasteiger partial charge in [-0.15, -0.1) is 0 Å². The van der Waals surface area contributed by atoms with Crippen molar-refractivity contribution in [1.29, 1.82) is 0 Å². The van der Waals surface area contributed by atoms with E-state index in [9.17, 15) is 0 Å². The first kappa shape index (κ1) is 21.5. The van der Waals surface area contributed by atoms with Crippen molar-refractivity contribution in [2.24, 2.45) is 0 Å². The molecule has 2 nitrogen and oxygen atoms in total. The van der Waals surface area contributed by atoms with Crippen LogP contribution in [0.1, 0.15) is 41.1 Å². The molecule has 5 aromatic rings. The Hall–Kier alpha value is -4.56. The molecule has 2 atom stereocenters. The predicted octanol–water partition coefficient (Wildman–Crippen LogP) is 9.04. The molecule has 2 unspecified atom stereocenters. The van der Waals surface area contributed by atoms with Crippen LogP contribution in [-0.4, -0.2) is 10.6 Å². The van der Waals surface area contributed by atoms with Gasteiger partial charge in [0.15, 0.2) is 0 Å². The summed E-state index contributed by atoms with van der Waals surface area (Å²) in [6.07, 6.45) is 14.0. The molecule has 2 aliphatic carbocycles. The molecule has 38 heavy (non-hydrogen) atoms. The van der Waals surface area contributed by atoms with Crippen molar-refractivity contribution in [3.8, 4) is 5.69 Å². The summed E-state index contributed by atoms with van der Waals surface area (Å²) in [7, 11) is 0. The van der Waals surface area contributed by atoms with Crippen molar-refractivity contribution < 1.29 is 0 Å². The normalized spacial score (nSPS) is 19.3. The molecular formula is C36H28N2. The maximum atomic E-state index is 2.56. The molecule has 182 valence electrons. The van der Waals surface area contributed by atoms with Gasteiger partial charge < -0.3 is 9.47 Å². The summed E-state index contributed by atoms with van der Waals surface area (Å²) in [6.45, 7) is 0. The number of aromatic nitrogens is 1. The van der Waals surface area contributed by atoms with Crippen LogP contribution in [0.5, 0.6) is 0 Å². The maximum Gasteiger partial charge on any atom is 0.0637 e. The Bertz CT molecular complexity index is 1780. The second-order valence-corrected chi connectivity index (χ2v) is 10.4. The van der Waals surface area contributed by atoms with Gasteiger partial charge in [-0.25, -0.2) is 0 Å². The Morgan fingerprint density at radius 1 is 0.684 bits per heavy atom. The fraction of sp³-hybridized carbons (Fsp3) is 0.111. The standard InChI is InChI=1S/C36H28N2/c1-3-12-25(13-4-1)26-14-11-17-28(24-26)38-32-21-10-8-19-30(32)36-34(38)23-22-33-35(36)29-18-7-9-20-31(29)37(33)27-15-5-2-6-16-27/h2-3,5-24,34,36H,1,4H2. The van der Waals surface area contributed by atoms with Crippen LogP contribution in [0.3, 0.4) is 0 Å². The molecule has 0 fully saturated rings. The molecule has 0 N–H and O–H groups in total. The number of fused-ring (bicyclic) bond motifs is 7. The van der Waals surface area contributed by atoms with Crippen LogP contribution < -0.4 is 4.90 Å². The van der Waals surface area contributed by atoms with E-state index in [-0.39, 0.29) is 12.0 Å². The zero-order valence-corrected chi connectivity index (χ0v) is 21.2. The van der Waals surface area contributed by atoms with Crippen molar-refractivity contribution >= 4 is 33.9 Å². The monoisotopic (exact) mass is 488 g/mol. The highest BCUT2D eigenvalue weighted by molar-refractivity contribution is 5.94. The summed E-state index contributed by atoms with van der Waals surface area (Å²) in [4.78, 5) is 2.56. The van der Waals surface area contributed by atoms with Crippen molar-refractivity contribution in [2.75, 3.05) is 4.90 Å². The van der Waals surface area contributed by atoms with E-state index < -0.39 is 0 Å². The van der Waals surface area contributed by atoms with Crippen molar-refractivity contribution in [1.82, 2.24) is 4.57 Å². The molecule has 8 rings (SSSR count). The van der Waals surface area contributed by atoms with E-state index >= 15 is 0 Å². The minimum Gasteiger partial charge on any atom is -0.333 e. The number of nitrogens with zero attached hydrogens (tertiary/aromatic N) is 2. The minimum absolute atomic E-state index is 0.223. The van der Waals surface area contributed by atoms with E-state index in [0.717, 1.165) is 12.8 Å². The zero-order valence-electron chi connectivity index (χ0n) is 21.2. The van der Waals surface area contributed by atoms with Gasteiger partial charge in [0.2, 0.25) is 0 Å². The van der Waals surface area contributed by atoms with E-state index in [0.29, 0.717) is 0 Å². The van der Waals surface area contributed by atoms with Crippen LogP contribution in [0.2, 0.25) is 0 Å². The summed E-state index contributed by atoms with van der Waals surface area (Å²) in [5, 5.41) is 1.34. The van der Waals surface area contributed by atoms with E-state index in [1.807, 2.05) is 0 Å². The van der Waals surface area contributed by atoms with Crippen LogP contribution in [0.4, 0.5) is 11.4 Å². The Labute approximate surface area is 223 Å². The summed E-state index contributed by atoms with van der Waals surface area (Å²) in [6, 6.07) is 38.0. The largest absolute Gasteiger partial charge is 0.333 e. The van der Waals surface area contributed by atoms with Crippen LogP contribution in [0.15, 0.2) is 127 Å². The fourth-order valence-electron chi connectivity index (χ4n) is 6.78. The SMILES string of the molecule is C1=CC(c2cccc(N3c4ccccc4C4c5c(n(-c6ccccc6)c6ccccc56)C=CC43)c2)=CCC1. The number of hydrogen-bond donors (Lipinski definition) is 0. The van der Waals surface area contributed by atoms with E-state index in [2.05, 4.69) is 143 Å². The van der Waals surface area contributed by atoms with Gasteiger partial charge in [0, 0.05) is 28.4 Å². The first-order valence-corrected chi connectivity index (χ1v) is 13.6. The summed E-state index contributed by atoms with van der Waals surface area (Å²) in [5.41, 5.74) is 11.8. The molecule has 1 aromatic heterocycles. The van der Waals surface area contributed by atoms with Gasteiger partial charge in [-0.05, 0) is 77.6 Å².